The highest BCUT2D eigenvalue weighted by Crippen LogP contribution is 2.32. The van der Waals surface area contributed by atoms with Gasteiger partial charge in [0.05, 0.1) is 0 Å². The lowest BCUT2D eigenvalue weighted by Gasteiger charge is -2.26. The molecule has 23 heavy (non-hydrogen) atoms. The molecule has 8 heteroatoms. The first-order valence-corrected chi connectivity index (χ1v) is 7.08. The van der Waals surface area contributed by atoms with Crippen LogP contribution >= 0.6 is 0 Å². The summed E-state index contributed by atoms with van der Waals surface area (Å²) in [6, 6.07) is 3.65. The SMILES string of the molecule is CC(=O)NCCN(C(=O)c1ccc2c(c1)OCO2)C(C)C(=O)O. The molecule has 1 aromatic rings. The molecule has 1 aliphatic rings. The maximum atomic E-state index is 12.6. The smallest absolute Gasteiger partial charge is 0.326 e. The number of carbonyl (C=O) groups is 3. The summed E-state index contributed by atoms with van der Waals surface area (Å²) in [4.78, 5) is 36.0. The third kappa shape index (κ3) is 3.91. The van der Waals surface area contributed by atoms with Gasteiger partial charge in [0.1, 0.15) is 6.04 Å². The van der Waals surface area contributed by atoms with Crippen molar-refractivity contribution < 1.29 is 29.0 Å². The first-order valence-electron chi connectivity index (χ1n) is 7.08. The molecular formula is C15H18N2O6. The number of ether oxygens (including phenoxy) is 2. The Morgan fingerprint density at radius 3 is 2.65 bits per heavy atom. The van der Waals surface area contributed by atoms with Gasteiger partial charge in [-0.25, -0.2) is 4.79 Å². The van der Waals surface area contributed by atoms with E-state index in [1.54, 1.807) is 12.1 Å². The summed E-state index contributed by atoms with van der Waals surface area (Å²) in [5.41, 5.74) is 0.296. The first kappa shape index (κ1) is 16.6. The molecule has 0 bridgehead atoms. The molecule has 2 N–H and O–H groups in total. The zero-order valence-corrected chi connectivity index (χ0v) is 12.9. The van der Waals surface area contributed by atoms with Crippen molar-refractivity contribution in [3.63, 3.8) is 0 Å². The number of nitrogens with one attached hydrogen (secondary N) is 1. The van der Waals surface area contributed by atoms with Crippen LogP contribution in [0.1, 0.15) is 24.2 Å². The fourth-order valence-corrected chi connectivity index (χ4v) is 2.15. The molecular weight excluding hydrogens is 304 g/mol. The number of fused-ring (bicyclic) bond motifs is 1. The summed E-state index contributed by atoms with van der Waals surface area (Å²) < 4.78 is 10.4. The highest BCUT2D eigenvalue weighted by molar-refractivity contribution is 5.97. The Bertz CT molecular complexity index is 630. The molecule has 1 heterocycles. The van der Waals surface area contributed by atoms with Crippen LogP contribution in [0, 0.1) is 0 Å². The highest BCUT2D eigenvalue weighted by Gasteiger charge is 2.27. The molecule has 0 saturated carbocycles. The average molecular weight is 322 g/mol. The van der Waals surface area contributed by atoms with E-state index in [0.29, 0.717) is 17.1 Å². The Morgan fingerprint density at radius 2 is 2.00 bits per heavy atom. The van der Waals surface area contributed by atoms with Gasteiger partial charge in [-0.15, -0.1) is 0 Å². The van der Waals surface area contributed by atoms with Gasteiger partial charge in [-0.1, -0.05) is 0 Å². The predicted octanol–water partition coefficient (Wildman–Crippen LogP) is 0.467. The first-order chi connectivity index (χ1) is 10.9. The molecule has 124 valence electrons. The fraction of sp³-hybridized carbons (Fsp3) is 0.400. The van der Waals surface area contributed by atoms with Crippen LogP contribution in [0.5, 0.6) is 11.5 Å². The van der Waals surface area contributed by atoms with Crippen molar-refractivity contribution in [1.29, 1.82) is 0 Å². The van der Waals surface area contributed by atoms with E-state index in [4.69, 9.17) is 9.47 Å². The maximum absolute atomic E-state index is 12.6. The molecule has 1 unspecified atom stereocenters. The monoisotopic (exact) mass is 322 g/mol. The second-order valence-corrected chi connectivity index (χ2v) is 5.06. The van der Waals surface area contributed by atoms with E-state index in [9.17, 15) is 19.5 Å². The van der Waals surface area contributed by atoms with E-state index in [0.717, 1.165) is 0 Å². The highest BCUT2D eigenvalue weighted by atomic mass is 16.7. The van der Waals surface area contributed by atoms with Crippen molar-refractivity contribution in [3.05, 3.63) is 23.8 Å². The predicted molar refractivity (Wildman–Crippen MR) is 79.4 cm³/mol. The molecule has 8 nitrogen and oxygen atoms in total. The van der Waals surface area contributed by atoms with Crippen molar-refractivity contribution in [2.75, 3.05) is 19.9 Å². The van der Waals surface area contributed by atoms with E-state index >= 15 is 0 Å². The molecule has 2 rings (SSSR count). The van der Waals surface area contributed by atoms with Crippen LogP contribution < -0.4 is 14.8 Å². The Hall–Kier alpha value is -2.77. The topological polar surface area (TPSA) is 105 Å². The molecule has 2 amide bonds. The number of carboxylic acid groups (broad SMARTS) is 1. The molecule has 0 saturated heterocycles. The zero-order chi connectivity index (χ0) is 17.0. The van der Waals surface area contributed by atoms with Gasteiger partial charge >= 0.3 is 5.97 Å². The minimum atomic E-state index is -1.12. The number of hydrogen-bond acceptors (Lipinski definition) is 5. The number of carbonyl (C=O) groups excluding carboxylic acids is 2. The summed E-state index contributed by atoms with van der Waals surface area (Å²) >= 11 is 0. The minimum Gasteiger partial charge on any atom is -0.480 e. The number of carboxylic acids is 1. The Kier molecular flexibility index (Phi) is 5.05. The van der Waals surface area contributed by atoms with Gasteiger partial charge < -0.3 is 24.8 Å². The zero-order valence-electron chi connectivity index (χ0n) is 12.9. The Balaban J connectivity index is 2.17. The van der Waals surface area contributed by atoms with Gasteiger partial charge in [0.2, 0.25) is 12.7 Å². The number of rotatable bonds is 6. The van der Waals surface area contributed by atoms with E-state index in [1.165, 1.54) is 24.8 Å². The van der Waals surface area contributed by atoms with Crippen LogP contribution in [0.2, 0.25) is 0 Å². The Labute approximate surface area is 133 Å². The van der Waals surface area contributed by atoms with Crippen LogP contribution in [0.4, 0.5) is 0 Å². The number of nitrogens with zero attached hydrogens (tertiary/aromatic N) is 1. The van der Waals surface area contributed by atoms with Gasteiger partial charge in [-0.3, -0.25) is 9.59 Å². The van der Waals surface area contributed by atoms with Gasteiger partial charge in [0.25, 0.3) is 5.91 Å². The van der Waals surface area contributed by atoms with Crippen molar-refractivity contribution >= 4 is 17.8 Å². The van der Waals surface area contributed by atoms with Crippen molar-refractivity contribution in [2.24, 2.45) is 0 Å². The molecule has 1 aliphatic heterocycles. The van der Waals surface area contributed by atoms with Gasteiger partial charge in [-0.2, -0.15) is 0 Å². The van der Waals surface area contributed by atoms with E-state index in [-0.39, 0.29) is 25.8 Å². The average Bonchev–Trinajstić information content (AvgIpc) is 2.97. The fourth-order valence-electron chi connectivity index (χ4n) is 2.15. The van der Waals surface area contributed by atoms with Crippen LogP contribution in [0.15, 0.2) is 18.2 Å². The molecule has 0 radical (unpaired) electrons. The molecule has 1 aromatic carbocycles. The lowest BCUT2D eigenvalue weighted by Crippen LogP contribution is -2.46. The molecule has 0 aromatic heterocycles. The minimum absolute atomic E-state index is 0.0837. The van der Waals surface area contributed by atoms with Crippen LogP contribution in [0.25, 0.3) is 0 Å². The lowest BCUT2D eigenvalue weighted by atomic mass is 10.1. The van der Waals surface area contributed by atoms with Crippen LogP contribution in [-0.4, -0.2) is 53.7 Å². The number of hydrogen-bond donors (Lipinski definition) is 2. The third-order valence-corrected chi connectivity index (χ3v) is 3.43. The summed E-state index contributed by atoms with van der Waals surface area (Å²) in [5, 5.41) is 11.7. The van der Waals surface area contributed by atoms with Gasteiger partial charge in [0.15, 0.2) is 11.5 Å². The summed E-state index contributed by atoms with van der Waals surface area (Å²) in [7, 11) is 0. The molecule has 0 aliphatic carbocycles. The third-order valence-electron chi connectivity index (χ3n) is 3.43. The second-order valence-electron chi connectivity index (χ2n) is 5.06. The molecule has 1 atom stereocenters. The van der Waals surface area contributed by atoms with Gasteiger partial charge in [-0.05, 0) is 25.1 Å². The van der Waals surface area contributed by atoms with Crippen molar-refractivity contribution in [1.82, 2.24) is 10.2 Å². The molecule has 0 spiro atoms. The lowest BCUT2D eigenvalue weighted by molar-refractivity contribution is -0.141. The largest absolute Gasteiger partial charge is 0.480 e. The van der Waals surface area contributed by atoms with Crippen molar-refractivity contribution in [3.8, 4) is 11.5 Å². The summed E-state index contributed by atoms with van der Waals surface area (Å²) in [5.74, 6) is -0.841. The van der Waals surface area contributed by atoms with E-state index in [2.05, 4.69) is 5.32 Å². The second kappa shape index (κ2) is 6.99. The van der Waals surface area contributed by atoms with Crippen LogP contribution in [0.3, 0.4) is 0 Å². The number of aliphatic carboxylic acids is 1. The Morgan fingerprint density at radius 1 is 1.30 bits per heavy atom. The van der Waals surface area contributed by atoms with Crippen LogP contribution in [-0.2, 0) is 9.59 Å². The summed E-state index contributed by atoms with van der Waals surface area (Å²) in [6.45, 7) is 3.11. The maximum Gasteiger partial charge on any atom is 0.326 e. The van der Waals surface area contributed by atoms with Crippen molar-refractivity contribution in [2.45, 2.75) is 19.9 Å². The normalized spacial score (nSPS) is 13.3. The standard InChI is InChI=1S/C15H18N2O6/c1-9(15(20)21)17(6-5-16-10(2)18)14(19)11-3-4-12-13(7-11)23-8-22-12/h3-4,7,9H,5-6,8H2,1-2H3,(H,16,18)(H,20,21). The summed E-state index contributed by atoms with van der Waals surface area (Å²) in [6.07, 6.45) is 0. The molecule has 0 fully saturated rings. The van der Waals surface area contributed by atoms with E-state index < -0.39 is 17.9 Å². The quantitative estimate of drug-likeness (QED) is 0.788. The van der Waals surface area contributed by atoms with Gasteiger partial charge in [0, 0.05) is 25.6 Å². The number of amides is 2. The van der Waals surface area contributed by atoms with E-state index in [1.807, 2.05) is 0 Å². The number of benzene rings is 1.